The molecule has 0 aliphatic carbocycles. The summed E-state index contributed by atoms with van der Waals surface area (Å²) < 4.78 is 10.5. The second kappa shape index (κ2) is 12.2. The SMILES string of the molecule is CCOC(=O)c1cc2cc(NC(=O)[C@H](Cc3ccc(NC(C)(C)CC)cc3)NC(=O)OC(C)(C)C)ccc2[nH]1. The second-order valence-corrected chi connectivity index (χ2v) is 11.2. The Morgan fingerprint density at radius 1 is 0.923 bits per heavy atom. The van der Waals surface area contributed by atoms with Gasteiger partial charge in [0.05, 0.1) is 6.61 Å². The van der Waals surface area contributed by atoms with Crippen LogP contribution < -0.4 is 16.0 Å². The molecule has 0 aliphatic heterocycles. The van der Waals surface area contributed by atoms with Gasteiger partial charge in [-0.2, -0.15) is 0 Å². The summed E-state index contributed by atoms with van der Waals surface area (Å²) in [5, 5.41) is 9.84. The molecule has 9 heteroatoms. The summed E-state index contributed by atoms with van der Waals surface area (Å²) in [6.45, 7) is 13.7. The first-order chi connectivity index (χ1) is 18.3. The van der Waals surface area contributed by atoms with Crippen molar-refractivity contribution in [1.29, 1.82) is 0 Å². The van der Waals surface area contributed by atoms with Gasteiger partial charge in [-0.1, -0.05) is 19.1 Å². The van der Waals surface area contributed by atoms with Crippen LogP contribution in [0, 0.1) is 0 Å². The Labute approximate surface area is 230 Å². The van der Waals surface area contributed by atoms with E-state index in [0.29, 0.717) is 11.4 Å². The maximum atomic E-state index is 13.4. The van der Waals surface area contributed by atoms with E-state index < -0.39 is 29.6 Å². The highest BCUT2D eigenvalue weighted by Crippen LogP contribution is 2.22. The number of rotatable bonds is 10. The minimum Gasteiger partial charge on any atom is -0.461 e. The summed E-state index contributed by atoms with van der Waals surface area (Å²) >= 11 is 0. The zero-order valence-corrected chi connectivity index (χ0v) is 23.9. The number of amides is 2. The molecular formula is C30H40N4O5. The molecule has 2 amide bonds. The van der Waals surface area contributed by atoms with E-state index in [0.717, 1.165) is 28.6 Å². The number of hydrogen-bond acceptors (Lipinski definition) is 6. The van der Waals surface area contributed by atoms with Crippen LogP contribution in [0.25, 0.3) is 10.9 Å². The maximum Gasteiger partial charge on any atom is 0.408 e. The highest BCUT2D eigenvalue weighted by molar-refractivity contribution is 6.00. The molecule has 0 spiro atoms. The van der Waals surface area contributed by atoms with E-state index in [2.05, 4.69) is 41.7 Å². The number of H-pyrrole nitrogens is 1. The number of nitrogens with one attached hydrogen (secondary N) is 4. The largest absolute Gasteiger partial charge is 0.461 e. The number of aromatic amines is 1. The van der Waals surface area contributed by atoms with Crippen LogP contribution in [0.5, 0.6) is 0 Å². The normalized spacial score (nSPS) is 12.5. The highest BCUT2D eigenvalue weighted by Gasteiger charge is 2.25. The van der Waals surface area contributed by atoms with E-state index >= 15 is 0 Å². The molecule has 1 atom stereocenters. The molecule has 210 valence electrons. The summed E-state index contributed by atoms with van der Waals surface area (Å²) in [5.41, 5.74) is 2.71. The first-order valence-electron chi connectivity index (χ1n) is 13.3. The Balaban J connectivity index is 1.78. The zero-order chi connectivity index (χ0) is 28.8. The van der Waals surface area contributed by atoms with Crippen molar-refractivity contribution in [3.05, 3.63) is 59.8 Å². The fraction of sp³-hybridized carbons (Fsp3) is 0.433. The van der Waals surface area contributed by atoms with Gasteiger partial charge in [0.25, 0.3) is 0 Å². The molecule has 1 aromatic heterocycles. The zero-order valence-electron chi connectivity index (χ0n) is 23.9. The topological polar surface area (TPSA) is 122 Å². The van der Waals surface area contributed by atoms with Crippen LogP contribution in [-0.2, 0) is 20.7 Å². The molecule has 39 heavy (non-hydrogen) atoms. The first kappa shape index (κ1) is 29.5. The monoisotopic (exact) mass is 536 g/mol. The number of alkyl carbamates (subject to hydrolysis) is 1. The van der Waals surface area contributed by atoms with Gasteiger partial charge in [0.2, 0.25) is 5.91 Å². The average Bonchev–Trinajstić information content (AvgIpc) is 3.27. The van der Waals surface area contributed by atoms with Gasteiger partial charge in [-0.3, -0.25) is 4.79 Å². The fourth-order valence-corrected chi connectivity index (χ4v) is 3.86. The van der Waals surface area contributed by atoms with Crippen LogP contribution in [0.15, 0.2) is 48.5 Å². The molecule has 2 aromatic carbocycles. The number of carbonyl (C=O) groups excluding carboxylic acids is 3. The van der Waals surface area contributed by atoms with Crippen molar-refractivity contribution in [2.45, 2.75) is 78.5 Å². The molecule has 9 nitrogen and oxygen atoms in total. The molecule has 0 bridgehead atoms. The quantitative estimate of drug-likeness (QED) is 0.235. The fourth-order valence-electron chi connectivity index (χ4n) is 3.86. The molecule has 0 aliphatic rings. The van der Waals surface area contributed by atoms with Gasteiger partial charge in [0.15, 0.2) is 0 Å². The molecule has 1 heterocycles. The highest BCUT2D eigenvalue weighted by atomic mass is 16.6. The van der Waals surface area contributed by atoms with E-state index in [4.69, 9.17) is 9.47 Å². The standard InChI is InChI=1S/C30H40N4O5/c1-8-30(6,7)34-21-12-10-19(11-13-21)16-24(33-28(37)39-29(3,4)5)26(35)31-22-14-15-23-20(17-22)18-25(32-23)27(36)38-9-2/h10-15,17-18,24,32,34H,8-9,16H2,1-7H3,(H,31,35)(H,33,37)/t24-/m0/s1. The summed E-state index contributed by atoms with van der Waals surface area (Å²) in [6.07, 6.45) is 0.558. The van der Waals surface area contributed by atoms with E-state index in [1.165, 1.54) is 0 Å². The van der Waals surface area contributed by atoms with Gasteiger partial charge < -0.3 is 30.4 Å². The number of carbonyl (C=O) groups is 3. The summed E-state index contributed by atoms with van der Waals surface area (Å²) in [5.74, 6) is -0.837. The van der Waals surface area contributed by atoms with Crippen molar-refractivity contribution in [3.8, 4) is 0 Å². The lowest BCUT2D eigenvalue weighted by Crippen LogP contribution is -2.47. The molecular weight excluding hydrogens is 496 g/mol. The molecule has 0 saturated carbocycles. The molecule has 3 aromatic rings. The van der Waals surface area contributed by atoms with Crippen molar-refractivity contribution < 1.29 is 23.9 Å². The van der Waals surface area contributed by atoms with Crippen LogP contribution in [0.2, 0.25) is 0 Å². The predicted octanol–water partition coefficient (Wildman–Crippen LogP) is 6.02. The lowest BCUT2D eigenvalue weighted by atomic mass is 10.0. The lowest BCUT2D eigenvalue weighted by Gasteiger charge is -2.26. The molecule has 0 unspecified atom stereocenters. The van der Waals surface area contributed by atoms with Crippen molar-refractivity contribution >= 4 is 40.2 Å². The molecule has 0 radical (unpaired) electrons. The van der Waals surface area contributed by atoms with Gasteiger partial charge in [-0.25, -0.2) is 9.59 Å². The first-order valence-corrected chi connectivity index (χ1v) is 13.3. The number of esters is 1. The van der Waals surface area contributed by atoms with Gasteiger partial charge in [0.1, 0.15) is 17.3 Å². The Morgan fingerprint density at radius 2 is 1.59 bits per heavy atom. The number of ether oxygens (including phenoxy) is 2. The van der Waals surface area contributed by atoms with Crippen molar-refractivity contribution in [1.82, 2.24) is 10.3 Å². The third-order valence-corrected chi connectivity index (χ3v) is 6.15. The second-order valence-electron chi connectivity index (χ2n) is 11.2. The van der Waals surface area contributed by atoms with Crippen molar-refractivity contribution in [3.63, 3.8) is 0 Å². The van der Waals surface area contributed by atoms with Crippen LogP contribution in [0.3, 0.4) is 0 Å². The Bertz CT molecular complexity index is 1310. The maximum absolute atomic E-state index is 13.4. The summed E-state index contributed by atoms with van der Waals surface area (Å²) in [7, 11) is 0. The number of hydrogen-bond donors (Lipinski definition) is 4. The molecule has 4 N–H and O–H groups in total. The molecule has 3 rings (SSSR count). The average molecular weight is 537 g/mol. The van der Waals surface area contributed by atoms with Gasteiger partial charge in [-0.15, -0.1) is 0 Å². The predicted molar refractivity (Wildman–Crippen MR) is 154 cm³/mol. The van der Waals surface area contributed by atoms with Crippen molar-refractivity contribution in [2.75, 3.05) is 17.2 Å². The molecule has 0 saturated heterocycles. The van der Waals surface area contributed by atoms with E-state index in [9.17, 15) is 14.4 Å². The molecule has 0 fully saturated rings. The minimum absolute atomic E-state index is 0.0418. The van der Waals surface area contributed by atoms with E-state index in [1.54, 1.807) is 52.0 Å². The Morgan fingerprint density at radius 3 is 2.21 bits per heavy atom. The Hall–Kier alpha value is -4.01. The number of fused-ring (bicyclic) bond motifs is 1. The third-order valence-electron chi connectivity index (χ3n) is 6.15. The minimum atomic E-state index is -0.886. The third kappa shape index (κ3) is 8.77. The van der Waals surface area contributed by atoms with E-state index in [-0.39, 0.29) is 18.6 Å². The van der Waals surface area contributed by atoms with Crippen LogP contribution in [0.1, 0.15) is 70.9 Å². The number of anilines is 2. The van der Waals surface area contributed by atoms with Crippen LogP contribution in [-0.4, -0.2) is 46.7 Å². The van der Waals surface area contributed by atoms with Gasteiger partial charge >= 0.3 is 12.1 Å². The van der Waals surface area contributed by atoms with Crippen LogP contribution >= 0.6 is 0 Å². The number of benzene rings is 2. The summed E-state index contributed by atoms with van der Waals surface area (Å²) in [6, 6.07) is 13.9. The van der Waals surface area contributed by atoms with E-state index in [1.807, 2.05) is 24.3 Å². The van der Waals surface area contributed by atoms with Gasteiger partial charge in [0, 0.05) is 34.2 Å². The smallest absolute Gasteiger partial charge is 0.408 e. The lowest BCUT2D eigenvalue weighted by molar-refractivity contribution is -0.118. The van der Waals surface area contributed by atoms with Crippen molar-refractivity contribution in [2.24, 2.45) is 0 Å². The Kier molecular flexibility index (Phi) is 9.27. The van der Waals surface area contributed by atoms with Crippen LogP contribution in [0.4, 0.5) is 16.2 Å². The summed E-state index contributed by atoms with van der Waals surface area (Å²) in [4.78, 5) is 41.0. The number of aromatic nitrogens is 1. The van der Waals surface area contributed by atoms with Gasteiger partial charge in [-0.05, 0) is 89.9 Å².